The van der Waals surface area contributed by atoms with Crippen molar-refractivity contribution in [3.05, 3.63) is 167 Å². The minimum atomic E-state index is 0.926. The third-order valence-electron chi connectivity index (χ3n) is 6.30. The summed E-state index contributed by atoms with van der Waals surface area (Å²) in [6.07, 6.45) is 2.81. The summed E-state index contributed by atoms with van der Waals surface area (Å²) in [6, 6.07) is 48.1. The van der Waals surface area contributed by atoms with Gasteiger partial charge in [0, 0.05) is 0 Å². The predicted molar refractivity (Wildman–Crippen MR) is 140 cm³/mol. The van der Waals surface area contributed by atoms with Crippen molar-refractivity contribution in [3.8, 4) is 11.1 Å². The maximum atomic E-state index is 2.35. The van der Waals surface area contributed by atoms with Crippen molar-refractivity contribution in [2.24, 2.45) is 0 Å². The van der Waals surface area contributed by atoms with E-state index >= 15 is 0 Å². The standard InChI is InChI=1S/C33H28/c1-5-13-26(14-6-1)23-30-21-22-31(29-19-11-4-12-20-29)33(25-28-17-9-3-10-18-28)32(30)24-27-15-7-2-8-16-27/h1-22H,23-25H2. The molecule has 0 saturated heterocycles. The molecule has 0 radical (unpaired) electrons. The summed E-state index contributed by atoms with van der Waals surface area (Å²) in [5.41, 5.74) is 11.0. The summed E-state index contributed by atoms with van der Waals surface area (Å²) < 4.78 is 0. The van der Waals surface area contributed by atoms with Crippen LogP contribution >= 0.6 is 0 Å². The van der Waals surface area contributed by atoms with Crippen LogP contribution in [0.3, 0.4) is 0 Å². The molecular formula is C33H28. The molecule has 0 aliphatic rings. The van der Waals surface area contributed by atoms with Gasteiger partial charge in [0.2, 0.25) is 0 Å². The molecule has 33 heavy (non-hydrogen) atoms. The molecular weight excluding hydrogens is 396 g/mol. The highest BCUT2D eigenvalue weighted by Crippen LogP contribution is 2.33. The Morgan fingerprint density at radius 1 is 0.333 bits per heavy atom. The topological polar surface area (TPSA) is 0 Å². The zero-order valence-electron chi connectivity index (χ0n) is 18.8. The van der Waals surface area contributed by atoms with Crippen LogP contribution in [0.2, 0.25) is 0 Å². The van der Waals surface area contributed by atoms with Gasteiger partial charge in [-0.1, -0.05) is 133 Å². The van der Waals surface area contributed by atoms with Gasteiger partial charge in [-0.05, 0) is 63.8 Å². The van der Waals surface area contributed by atoms with E-state index in [2.05, 4.69) is 133 Å². The van der Waals surface area contributed by atoms with Crippen LogP contribution < -0.4 is 0 Å². The van der Waals surface area contributed by atoms with E-state index in [4.69, 9.17) is 0 Å². The van der Waals surface area contributed by atoms with Gasteiger partial charge in [0.15, 0.2) is 0 Å². The number of hydrogen-bond acceptors (Lipinski definition) is 0. The van der Waals surface area contributed by atoms with Gasteiger partial charge in [-0.2, -0.15) is 0 Å². The van der Waals surface area contributed by atoms with Gasteiger partial charge < -0.3 is 0 Å². The molecule has 0 aliphatic heterocycles. The molecule has 0 fully saturated rings. The lowest BCUT2D eigenvalue weighted by Crippen LogP contribution is -2.06. The van der Waals surface area contributed by atoms with Crippen molar-refractivity contribution in [2.45, 2.75) is 19.3 Å². The van der Waals surface area contributed by atoms with Gasteiger partial charge in [0.25, 0.3) is 0 Å². The average Bonchev–Trinajstić information content (AvgIpc) is 2.88. The zero-order chi connectivity index (χ0) is 22.3. The fraction of sp³-hybridized carbons (Fsp3) is 0.0909. The Labute approximate surface area is 197 Å². The summed E-state index contributed by atoms with van der Waals surface area (Å²) in [5.74, 6) is 0. The first kappa shape index (κ1) is 21.0. The molecule has 0 aromatic heterocycles. The Morgan fingerprint density at radius 3 is 1.27 bits per heavy atom. The molecule has 0 atom stereocenters. The van der Waals surface area contributed by atoms with E-state index in [1.54, 1.807) is 0 Å². The maximum absolute atomic E-state index is 2.35. The Morgan fingerprint density at radius 2 is 0.758 bits per heavy atom. The number of rotatable bonds is 7. The lowest BCUT2D eigenvalue weighted by Gasteiger charge is -2.20. The number of benzene rings is 5. The Balaban J connectivity index is 1.68. The molecule has 0 bridgehead atoms. The average molecular weight is 425 g/mol. The fourth-order valence-corrected chi connectivity index (χ4v) is 4.63. The molecule has 0 nitrogen and oxygen atoms in total. The van der Waals surface area contributed by atoms with Gasteiger partial charge in [-0.15, -0.1) is 0 Å². The molecule has 0 N–H and O–H groups in total. The molecule has 5 rings (SSSR count). The van der Waals surface area contributed by atoms with Crippen molar-refractivity contribution in [1.82, 2.24) is 0 Å². The minimum absolute atomic E-state index is 0.926. The Bertz CT molecular complexity index is 1290. The van der Waals surface area contributed by atoms with Crippen molar-refractivity contribution < 1.29 is 0 Å². The SMILES string of the molecule is c1ccc(Cc2ccc(-c3ccccc3)c(Cc3ccccc3)c2Cc2ccccc2)cc1. The Hall–Kier alpha value is -3.90. The molecule has 0 saturated carbocycles. The van der Waals surface area contributed by atoms with Gasteiger partial charge in [-0.25, -0.2) is 0 Å². The molecule has 0 heteroatoms. The van der Waals surface area contributed by atoms with Crippen LogP contribution in [0, 0.1) is 0 Å². The van der Waals surface area contributed by atoms with Crippen LogP contribution in [0.25, 0.3) is 11.1 Å². The minimum Gasteiger partial charge on any atom is -0.0622 e. The summed E-state index contributed by atoms with van der Waals surface area (Å²) in [4.78, 5) is 0. The van der Waals surface area contributed by atoms with Crippen molar-refractivity contribution in [3.63, 3.8) is 0 Å². The van der Waals surface area contributed by atoms with Crippen LogP contribution in [-0.2, 0) is 19.3 Å². The predicted octanol–water partition coefficient (Wildman–Crippen LogP) is 8.13. The van der Waals surface area contributed by atoms with Crippen LogP contribution in [0.4, 0.5) is 0 Å². The largest absolute Gasteiger partial charge is 0.0622 e. The molecule has 0 unspecified atom stereocenters. The fourth-order valence-electron chi connectivity index (χ4n) is 4.63. The molecule has 0 heterocycles. The van der Waals surface area contributed by atoms with Crippen molar-refractivity contribution >= 4 is 0 Å². The first-order valence-corrected chi connectivity index (χ1v) is 11.7. The first-order chi connectivity index (χ1) is 16.4. The van der Waals surface area contributed by atoms with Crippen LogP contribution in [0.5, 0.6) is 0 Å². The van der Waals surface area contributed by atoms with E-state index in [-0.39, 0.29) is 0 Å². The van der Waals surface area contributed by atoms with E-state index in [9.17, 15) is 0 Å². The first-order valence-electron chi connectivity index (χ1n) is 11.7. The van der Waals surface area contributed by atoms with Crippen LogP contribution in [0.15, 0.2) is 133 Å². The van der Waals surface area contributed by atoms with Gasteiger partial charge in [-0.3, -0.25) is 0 Å². The molecule has 0 amide bonds. The van der Waals surface area contributed by atoms with Crippen LogP contribution in [0.1, 0.15) is 33.4 Å². The molecule has 0 aliphatic carbocycles. The van der Waals surface area contributed by atoms with Crippen LogP contribution in [-0.4, -0.2) is 0 Å². The summed E-state index contributed by atoms with van der Waals surface area (Å²) >= 11 is 0. The van der Waals surface area contributed by atoms with E-state index in [1.807, 2.05) is 0 Å². The van der Waals surface area contributed by atoms with E-state index in [0.29, 0.717) is 0 Å². The lowest BCUT2D eigenvalue weighted by atomic mass is 9.84. The number of hydrogen-bond donors (Lipinski definition) is 0. The maximum Gasteiger partial charge on any atom is -0.00167 e. The highest BCUT2D eigenvalue weighted by atomic mass is 14.2. The summed E-state index contributed by atoms with van der Waals surface area (Å²) in [6.45, 7) is 0. The monoisotopic (exact) mass is 424 g/mol. The molecule has 160 valence electrons. The second-order valence-electron chi connectivity index (χ2n) is 8.58. The summed E-state index contributed by atoms with van der Waals surface area (Å²) in [7, 11) is 0. The normalized spacial score (nSPS) is 10.8. The zero-order valence-corrected chi connectivity index (χ0v) is 18.8. The molecule has 5 aromatic carbocycles. The lowest BCUT2D eigenvalue weighted by molar-refractivity contribution is 1.04. The molecule has 0 spiro atoms. The Kier molecular flexibility index (Phi) is 6.45. The highest BCUT2D eigenvalue weighted by Gasteiger charge is 2.16. The second kappa shape index (κ2) is 10.1. The van der Waals surface area contributed by atoms with E-state index < -0.39 is 0 Å². The third-order valence-corrected chi connectivity index (χ3v) is 6.30. The van der Waals surface area contributed by atoms with Crippen molar-refractivity contribution in [1.29, 1.82) is 0 Å². The van der Waals surface area contributed by atoms with Gasteiger partial charge >= 0.3 is 0 Å². The van der Waals surface area contributed by atoms with E-state index in [0.717, 1.165) is 19.3 Å². The highest BCUT2D eigenvalue weighted by molar-refractivity contribution is 5.71. The smallest absolute Gasteiger partial charge is 0.00167 e. The summed E-state index contributed by atoms with van der Waals surface area (Å²) in [5, 5.41) is 0. The second-order valence-corrected chi connectivity index (χ2v) is 8.58. The quantitative estimate of drug-likeness (QED) is 0.247. The van der Waals surface area contributed by atoms with Gasteiger partial charge in [0.1, 0.15) is 0 Å². The third kappa shape index (κ3) is 5.13. The van der Waals surface area contributed by atoms with Crippen molar-refractivity contribution in [2.75, 3.05) is 0 Å². The van der Waals surface area contributed by atoms with E-state index in [1.165, 1.54) is 44.5 Å². The molecule has 5 aromatic rings. The van der Waals surface area contributed by atoms with Gasteiger partial charge in [0.05, 0.1) is 0 Å².